The van der Waals surface area contributed by atoms with Crippen molar-refractivity contribution in [3.8, 4) is 0 Å². The highest BCUT2D eigenvalue weighted by atomic mass is 16.2. The van der Waals surface area contributed by atoms with E-state index >= 15 is 0 Å². The molecule has 0 aromatic carbocycles. The summed E-state index contributed by atoms with van der Waals surface area (Å²) < 4.78 is 0. The van der Waals surface area contributed by atoms with Crippen molar-refractivity contribution in [3.05, 3.63) is 12.2 Å². The van der Waals surface area contributed by atoms with Gasteiger partial charge in [-0.15, -0.1) is 0 Å². The van der Waals surface area contributed by atoms with E-state index in [-0.39, 0.29) is 0 Å². The predicted octanol–water partition coefficient (Wildman–Crippen LogP) is 1.82. The molecular formula is C10H17NO. The molecule has 0 radical (unpaired) electrons. The number of amides is 1. The number of hydrogen-bond acceptors (Lipinski definition) is 1. The number of hydrogen-bond donors (Lipinski definition) is 0. The Morgan fingerprint density at radius 3 is 2.75 bits per heavy atom. The van der Waals surface area contributed by atoms with Gasteiger partial charge in [-0.2, -0.15) is 0 Å². The molecule has 1 aliphatic rings. The summed E-state index contributed by atoms with van der Waals surface area (Å²) in [5.74, 6) is 0.776. The van der Waals surface area contributed by atoms with E-state index in [9.17, 15) is 4.79 Å². The van der Waals surface area contributed by atoms with Crippen molar-refractivity contribution in [1.82, 2.24) is 4.90 Å². The van der Waals surface area contributed by atoms with Gasteiger partial charge in [0.2, 0.25) is 5.91 Å². The first-order chi connectivity index (χ1) is 5.70. The lowest BCUT2D eigenvalue weighted by atomic mass is 10.1. The fraction of sp³-hybridized carbons (Fsp3) is 0.700. The first kappa shape index (κ1) is 9.30. The van der Waals surface area contributed by atoms with Crippen LogP contribution < -0.4 is 0 Å². The summed E-state index contributed by atoms with van der Waals surface area (Å²) >= 11 is 0. The zero-order valence-electron chi connectivity index (χ0n) is 7.92. The summed E-state index contributed by atoms with van der Waals surface area (Å²) in [5.41, 5.74) is 0. The molecule has 1 rings (SSSR count). The van der Waals surface area contributed by atoms with E-state index in [0.29, 0.717) is 18.2 Å². The van der Waals surface area contributed by atoms with Crippen molar-refractivity contribution in [2.75, 3.05) is 13.1 Å². The van der Waals surface area contributed by atoms with Crippen molar-refractivity contribution >= 4 is 5.91 Å². The van der Waals surface area contributed by atoms with Crippen LogP contribution in [0.2, 0.25) is 0 Å². The highest BCUT2D eigenvalue weighted by molar-refractivity contribution is 5.76. The molecule has 0 unspecified atom stereocenters. The third-order valence-electron chi connectivity index (χ3n) is 1.99. The molecule has 12 heavy (non-hydrogen) atoms. The van der Waals surface area contributed by atoms with Gasteiger partial charge in [0.25, 0.3) is 0 Å². The molecule has 0 aromatic heterocycles. The molecule has 0 spiro atoms. The van der Waals surface area contributed by atoms with E-state index in [2.05, 4.69) is 26.0 Å². The normalized spacial score (nSPS) is 17.1. The minimum absolute atomic E-state index is 0.300. The van der Waals surface area contributed by atoms with E-state index in [1.54, 1.807) is 0 Å². The average molecular weight is 167 g/mol. The zero-order chi connectivity index (χ0) is 8.97. The van der Waals surface area contributed by atoms with Crippen LogP contribution >= 0.6 is 0 Å². The molecule has 0 aliphatic carbocycles. The van der Waals surface area contributed by atoms with Gasteiger partial charge in [-0.25, -0.2) is 0 Å². The third-order valence-corrected chi connectivity index (χ3v) is 1.99. The molecular weight excluding hydrogens is 150 g/mol. The minimum Gasteiger partial charge on any atom is -0.339 e. The second kappa shape index (κ2) is 4.29. The largest absolute Gasteiger partial charge is 0.339 e. The maximum absolute atomic E-state index is 11.5. The molecule has 1 aliphatic heterocycles. The first-order valence-electron chi connectivity index (χ1n) is 4.63. The second-order valence-corrected chi connectivity index (χ2v) is 3.70. The monoisotopic (exact) mass is 167 g/mol. The summed E-state index contributed by atoms with van der Waals surface area (Å²) in [5, 5.41) is 0. The van der Waals surface area contributed by atoms with E-state index in [1.807, 2.05) is 4.90 Å². The molecule has 0 saturated heterocycles. The maximum atomic E-state index is 11.5. The van der Waals surface area contributed by atoms with Crippen LogP contribution in [0.5, 0.6) is 0 Å². The Balaban J connectivity index is 2.36. The van der Waals surface area contributed by atoms with E-state index in [1.165, 1.54) is 0 Å². The number of nitrogens with zero attached hydrogens (tertiary/aromatic N) is 1. The number of carbonyl (C=O) groups is 1. The van der Waals surface area contributed by atoms with E-state index in [4.69, 9.17) is 0 Å². The molecule has 2 nitrogen and oxygen atoms in total. The molecule has 68 valence electrons. The first-order valence-corrected chi connectivity index (χ1v) is 4.63. The standard InChI is InChI=1S/C10H17NO/c1-9(2)8-10(12)11-6-4-3-5-7-11/h3-4,9H,5-8H2,1-2H3. The second-order valence-electron chi connectivity index (χ2n) is 3.70. The van der Waals surface area contributed by atoms with Crippen LogP contribution in [0.25, 0.3) is 0 Å². The van der Waals surface area contributed by atoms with Gasteiger partial charge in [-0.3, -0.25) is 4.79 Å². The summed E-state index contributed by atoms with van der Waals surface area (Å²) in [6.07, 6.45) is 5.92. The molecule has 1 heterocycles. The Morgan fingerprint density at radius 1 is 1.50 bits per heavy atom. The van der Waals surface area contributed by atoms with Crippen molar-refractivity contribution in [1.29, 1.82) is 0 Å². The van der Waals surface area contributed by atoms with Gasteiger partial charge < -0.3 is 4.90 Å². The van der Waals surface area contributed by atoms with Gasteiger partial charge in [0.1, 0.15) is 0 Å². The van der Waals surface area contributed by atoms with Crippen LogP contribution in [0, 0.1) is 5.92 Å². The molecule has 1 amide bonds. The lowest BCUT2D eigenvalue weighted by molar-refractivity contribution is -0.131. The molecule has 0 bridgehead atoms. The van der Waals surface area contributed by atoms with Crippen molar-refractivity contribution in [2.45, 2.75) is 26.7 Å². The van der Waals surface area contributed by atoms with Gasteiger partial charge in [-0.05, 0) is 12.3 Å². The lowest BCUT2D eigenvalue weighted by Gasteiger charge is -2.24. The number of rotatable bonds is 2. The van der Waals surface area contributed by atoms with Gasteiger partial charge in [0.15, 0.2) is 0 Å². The Hall–Kier alpha value is -0.790. The minimum atomic E-state index is 0.300. The summed E-state index contributed by atoms with van der Waals surface area (Å²) in [6, 6.07) is 0. The maximum Gasteiger partial charge on any atom is 0.223 e. The Bertz CT molecular complexity index is 184. The Morgan fingerprint density at radius 2 is 2.25 bits per heavy atom. The molecule has 0 saturated carbocycles. The van der Waals surface area contributed by atoms with Crippen LogP contribution in [0.3, 0.4) is 0 Å². The van der Waals surface area contributed by atoms with Crippen molar-refractivity contribution in [2.24, 2.45) is 5.92 Å². The SMILES string of the molecule is CC(C)CC(=O)N1CC=CCC1. The van der Waals surface area contributed by atoms with E-state index in [0.717, 1.165) is 19.5 Å². The predicted molar refractivity (Wildman–Crippen MR) is 49.8 cm³/mol. The number of carbonyl (C=O) groups excluding carboxylic acids is 1. The molecule has 0 fully saturated rings. The van der Waals surface area contributed by atoms with Gasteiger partial charge >= 0.3 is 0 Å². The van der Waals surface area contributed by atoms with Crippen molar-refractivity contribution in [3.63, 3.8) is 0 Å². The van der Waals surface area contributed by atoms with Crippen LogP contribution in [0.4, 0.5) is 0 Å². The molecule has 2 heteroatoms. The molecule has 0 atom stereocenters. The highest BCUT2D eigenvalue weighted by Gasteiger charge is 2.14. The average Bonchev–Trinajstić information content (AvgIpc) is 2.05. The quantitative estimate of drug-likeness (QED) is 0.574. The Kier molecular flexibility index (Phi) is 3.32. The van der Waals surface area contributed by atoms with Crippen LogP contribution in [-0.2, 0) is 4.79 Å². The van der Waals surface area contributed by atoms with Crippen LogP contribution in [-0.4, -0.2) is 23.9 Å². The summed E-state index contributed by atoms with van der Waals surface area (Å²) in [7, 11) is 0. The highest BCUT2D eigenvalue weighted by Crippen LogP contribution is 2.07. The van der Waals surface area contributed by atoms with Gasteiger partial charge in [0.05, 0.1) is 0 Å². The fourth-order valence-electron chi connectivity index (χ4n) is 1.35. The zero-order valence-corrected chi connectivity index (χ0v) is 7.92. The topological polar surface area (TPSA) is 20.3 Å². The summed E-state index contributed by atoms with van der Waals surface area (Å²) in [4.78, 5) is 13.4. The summed E-state index contributed by atoms with van der Waals surface area (Å²) in [6.45, 7) is 5.88. The van der Waals surface area contributed by atoms with Gasteiger partial charge in [0, 0.05) is 19.5 Å². The lowest BCUT2D eigenvalue weighted by Crippen LogP contribution is -2.34. The third kappa shape index (κ3) is 2.68. The van der Waals surface area contributed by atoms with E-state index < -0.39 is 0 Å². The van der Waals surface area contributed by atoms with Gasteiger partial charge in [-0.1, -0.05) is 26.0 Å². The smallest absolute Gasteiger partial charge is 0.223 e. The Labute approximate surface area is 74.2 Å². The van der Waals surface area contributed by atoms with Crippen LogP contribution in [0.1, 0.15) is 26.7 Å². The molecule has 0 N–H and O–H groups in total. The van der Waals surface area contributed by atoms with Crippen LogP contribution in [0.15, 0.2) is 12.2 Å². The fourth-order valence-corrected chi connectivity index (χ4v) is 1.35. The van der Waals surface area contributed by atoms with Crippen molar-refractivity contribution < 1.29 is 4.79 Å². The molecule has 0 aromatic rings.